The Labute approximate surface area is 226 Å². The van der Waals surface area contributed by atoms with Crippen LogP contribution in [-0.2, 0) is 0 Å². The van der Waals surface area contributed by atoms with Gasteiger partial charge in [-0.25, -0.2) is 9.97 Å². The molecule has 4 bridgehead atoms. The smallest absolute Gasteiger partial charge is 0.135 e. The maximum absolute atomic E-state index is 5.11. The molecule has 2 fully saturated rings. The number of benzene rings is 1. The van der Waals surface area contributed by atoms with Crippen molar-refractivity contribution in [3.63, 3.8) is 0 Å². The van der Waals surface area contributed by atoms with E-state index in [0.717, 1.165) is 32.6 Å². The van der Waals surface area contributed by atoms with Crippen molar-refractivity contribution in [2.75, 3.05) is 10.6 Å². The van der Waals surface area contributed by atoms with Crippen LogP contribution in [0.2, 0.25) is 0 Å². The van der Waals surface area contributed by atoms with Crippen molar-refractivity contribution in [2.45, 2.75) is 47.6 Å². The maximum atomic E-state index is 5.11. The molecule has 8 heteroatoms. The van der Waals surface area contributed by atoms with Gasteiger partial charge >= 0.3 is 0 Å². The van der Waals surface area contributed by atoms with E-state index in [1.165, 1.54) is 55.6 Å². The Morgan fingerprint density at radius 2 is 1.19 bits per heavy atom. The number of nitrogens with one attached hydrogen (secondary N) is 2. The second-order valence-corrected chi connectivity index (χ2v) is 15.7. The number of fused-ring (bicyclic) bond motifs is 13. The largest absolute Gasteiger partial charge is 0.346 e. The molecule has 1 aromatic carbocycles. The SMILES string of the molecule is C1=CC2CC1C1C=c3nc4c(nc3=CC21)SC(=C1SC2=C(Nc3cc5c(cc3N2)C2CCC5C2)S1)S4. The second-order valence-electron chi connectivity index (χ2n) is 11.2. The minimum absolute atomic E-state index is 0.615. The number of rotatable bonds is 0. The lowest BCUT2D eigenvalue weighted by Gasteiger charge is -2.24. The van der Waals surface area contributed by atoms with Gasteiger partial charge in [-0.3, -0.25) is 0 Å². The van der Waals surface area contributed by atoms with Crippen molar-refractivity contribution in [3.05, 3.63) is 64.6 Å². The van der Waals surface area contributed by atoms with Crippen molar-refractivity contribution in [3.8, 4) is 0 Å². The van der Waals surface area contributed by atoms with Crippen LogP contribution in [0.5, 0.6) is 0 Å². The van der Waals surface area contributed by atoms with E-state index in [1.807, 2.05) is 23.5 Å². The zero-order valence-electron chi connectivity index (χ0n) is 19.3. The molecule has 0 amide bonds. The first kappa shape index (κ1) is 20.3. The molecule has 0 spiro atoms. The molecule has 2 N–H and O–H groups in total. The van der Waals surface area contributed by atoms with E-state index in [0.29, 0.717) is 23.7 Å². The van der Waals surface area contributed by atoms with Gasteiger partial charge in [-0.2, -0.15) is 0 Å². The van der Waals surface area contributed by atoms with Crippen LogP contribution in [0, 0.1) is 23.7 Å². The summed E-state index contributed by atoms with van der Waals surface area (Å²) in [6, 6.07) is 4.86. The van der Waals surface area contributed by atoms with Gasteiger partial charge in [-0.1, -0.05) is 71.4 Å². The summed E-state index contributed by atoms with van der Waals surface area (Å²) in [6.45, 7) is 0. The number of anilines is 2. The average molecular weight is 543 g/mol. The molecule has 10 rings (SSSR count). The first-order chi connectivity index (χ1) is 17.7. The van der Waals surface area contributed by atoms with Crippen LogP contribution >= 0.6 is 47.0 Å². The Kier molecular flexibility index (Phi) is 3.94. The summed E-state index contributed by atoms with van der Waals surface area (Å²) in [5.41, 5.74) is 5.67. The first-order valence-corrected chi connectivity index (χ1v) is 16.2. The number of hydrogen-bond donors (Lipinski definition) is 2. The van der Waals surface area contributed by atoms with E-state index in [9.17, 15) is 0 Å². The van der Waals surface area contributed by atoms with Gasteiger partial charge in [0, 0.05) is 0 Å². The highest BCUT2D eigenvalue weighted by molar-refractivity contribution is 8.32. The van der Waals surface area contributed by atoms with Gasteiger partial charge in [0.05, 0.1) is 30.5 Å². The van der Waals surface area contributed by atoms with Gasteiger partial charge < -0.3 is 10.6 Å². The molecule has 2 saturated carbocycles. The van der Waals surface area contributed by atoms with Crippen molar-refractivity contribution < 1.29 is 0 Å². The zero-order chi connectivity index (χ0) is 23.1. The van der Waals surface area contributed by atoms with Gasteiger partial charge in [0.2, 0.25) is 0 Å². The van der Waals surface area contributed by atoms with Crippen LogP contribution in [0.1, 0.15) is 48.6 Å². The van der Waals surface area contributed by atoms with Crippen LogP contribution in [0.3, 0.4) is 0 Å². The van der Waals surface area contributed by atoms with Gasteiger partial charge in [0.15, 0.2) is 0 Å². The molecule has 8 aliphatic rings. The summed E-state index contributed by atoms with van der Waals surface area (Å²) in [5, 5.41) is 14.3. The van der Waals surface area contributed by atoms with E-state index in [1.54, 1.807) is 34.7 Å². The molecule has 1 aromatic heterocycles. The quantitative estimate of drug-likeness (QED) is 0.375. The Hall–Kier alpha value is -1.74. The topological polar surface area (TPSA) is 49.8 Å². The van der Waals surface area contributed by atoms with Crippen LogP contribution in [0.25, 0.3) is 12.2 Å². The Balaban J connectivity index is 0.952. The second kappa shape index (κ2) is 7.01. The highest BCUT2D eigenvalue weighted by atomic mass is 32.2. The average Bonchev–Trinajstić information content (AvgIpc) is 3.73. The monoisotopic (exact) mass is 542 g/mol. The number of aromatic nitrogens is 2. The van der Waals surface area contributed by atoms with E-state index >= 15 is 0 Å². The molecule has 6 atom stereocenters. The minimum Gasteiger partial charge on any atom is -0.346 e. The number of hydrogen-bond acceptors (Lipinski definition) is 8. The van der Waals surface area contributed by atoms with Crippen LogP contribution in [-0.4, -0.2) is 9.97 Å². The number of allylic oxidation sites excluding steroid dienone is 2. The molecule has 5 aliphatic carbocycles. The van der Waals surface area contributed by atoms with Crippen molar-refractivity contribution in [1.82, 2.24) is 9.97 Å². The fraction of sp³-hybridized carbons (Fsp3) is 0.357. The summed E-state index contributed by atoms with van der Waals surface area (Å²) in [6.07, 6.45) is 15.1. The van der Waals surface area contributed by atoms with Crippen molar-refractivity contribution >= 4 is 70.6 Å². The van der Waals surface area contributed by atoms with Crippen molar-refractivity contribution in [1.29, 1.82) is 0 Å². The molecule has 36 heavy (non-hydrogen) atoms. The van der Waals surface area contributed by atoms with Gasteiger partial charge in [-0.15, -0.1) is 0 Å². The molecule has 0 radical (unpaired) electrons. The van der Waals surface area contributed by atoms with Crippen LogP contribution in [0.15, 0.2) is 52.9 Å². The minimum atomic E-state index is 0.615. The van der Waals surface area contributed by atoms with Crippen molar-refractivity contribution in [2.24, 2.45) is 23.7 Å². The van der Waals surface area contributed by atoms with Gasteiger partial charge in [0.25, 0.3) is 0 Å². The predicted molar refractivity (Wildman–Crippen MR) is 152 cm³/mol. The molecular weight excluding hydrogens is 521 g/mol. The summed E-state index contributed by atoms with van der Waals surface area (Å²) >= 11 is 7.31. The van der Waals surface area contributed by atoms with Gasteiger partial charge in [-0.05, 0) is 84.5 Å². The third kappa shape index (κ3) is 2.69. The maximum Gasteiger partial charge on any atom is 0.135 e. The Morgan fingerprint density at radius 1 is 0.667 bits per heavy atom. The number of nitrogens with zero attached hydrogens (tertiary/aromatic N) is 2. The lowest BCUT2D eigenvalue weighted by atomic mass is 9.81. The third-order valence-corrected chi connectivity index (χ3v) is 14.7. The molecule has 4 nitrogen and oxygen atoms in total. The van der Waals surface area contributed by atoms with E-state index < -0.39 is 0 Å². The molecule has 6 unspecified atom stereocenters. The number of thioether (sulfide) groups is 4. The van der Waals surface area contributed by atoms with Crippen LogP contribution < -0.4 is 21.3 Å². The highest BCUT2D eigenvalue weighted by Gasteiger charge is 2.44. The molecule has 4 heterocycles. The third-order valence-electron chi connectivity index (χ3n) is 9.35. The van der Waals surface area contributed by atoms with E-state index in [2.05, 4.69) is 47.1 Å². The normalized spacial score (nSPS) is 34.9. The molecular formula is C28H22N4S4. The van der Waals surface area contributed by atoms with Gasteiger partial charge in [0.1, 0.15) is 20.1 Å². The predicted octanol–water partition coefficient (Wildman–Crippen LogP) is 6.32. The standard InChI is InChI=1S/C28H22N4S4/c1-2-12-5-11(1)15-7-19-20(8-16(12)15)30-24-23(29-19)33-27(34-24)28-35-25-26(36-28)32-22-10-18-14-4-3-13(6-14)17(18)9-21(22)31-25/h1-2,7-16,31-32H,3-6H2. The summed E-state index contributed by atoms with van der Waals surface area (Å²) in [5.74, 6) is 4.19. The lowest BCUT2D eigenvalue weighted by molar-refractivity contribution is 0.484. The Bertz CT molecular complexity index is 1540. The summed E-state index contributed by atoms with van der Waals surface area (Å²) < 4.78 is 2.65. The molecule has 2 aromatic rings. The molecule has 3 aliphatic heterocycles. The first-order valence-electron chi connectivity index (χ1n) is 13.0. The molecule has 178 valence electrons. The van der Waals surface area contributed by atoms with E-state index in [4.69, 9.17) is 9.97 Å². The van der Waals surface area contributed by atoms with Crippen LogP contribution in [0.4, 0.5) is 11.4 Å². The zero-order valence-corrected chi connectivity index (χ0v) is 22.6. The summed E-state index contributed by atoms with van der Waals surface area (Å²) in [7, 11) is 0. The Morgan fingerprint density at radius 3 is 1.75 bits per heavy atom. The lowest BCUT2D eigenvalue weighted by Crippen LogP contribution is -2.39. The fourth-order valence-electron chi connectivity index (χ4n) is 7.70. The molecule has 0 saturated heterocycles. The highest BCUT2D eigenvalue weighted by Crippen LogP contribution is 2.62. The fourth-order valence-corrected chi connectivity index (χ4v) is 12.7. The van der Waals surface area contributed by atoms with E-state index in [-0.39, 0.29) is 0 Å². The summed E-state index contributed by atoms with van der Waals surface area (Å²) in [4.78, 5) is 10.2.